The molecule has 0 saturated carbocycles. The Morgan fingerprint density at radius 3 is 2.82 bits per heavy atom. The highest BCUT2D eigenvalue weighted by Crippen LogP contribution is 2.05. The first-order valence-corrected chi connectivity index (χ1v) is 6.18. The van der Waals surface area contributed by atoms with E-state index in [1.807, 2.05) is 4.68 Å². The van der Waals surface area contributed by atoms with Crippen molar-refractivity contribution in [3.63, 3.8) is 0 Å². The molecule has 1 rings (SSSR count). The van der Waals surface area contributed by atoms with Gasteiger partial charge < -0.3 is 10.6 Å². The number of aryl methyl sites for hydroxylation is 2. The van der Waals surface area contributed by atoms with Gasteiger partial charge in [0.1, 0.15) is 0 Å². The molecule has 0 aliphatic carbocycles. The van der Waals surface area contributed by atoms with Crippen molar-refractivity contribution >= 4 is 5.91 Å². The fourth-order valence-electron chi connectivity index (χ4n) is 1.65. The van der Waals surface area contributed by atoms with Crippen LogP contribution in [0, 0.1) is 0 Å². The molecule has 0 spiro atoms. The fourth-order valence-corrected chi connectivity index (χ4v) is 1.65. The minimum Gasteiger partial charge on any atom is -0.359 e. The maximum absolute atomic E-state index is 11.0. The van der Waals surface area contributed by atoms with E-state index in [0.717, 1.165) is 25.2 Å². The van der Waals surface area contributed by atoms with Crippen molar-refractivity contribution in [2.45, 2.75) is 39.8 Å². The molecule has 1 aromatic heterocycles. The van der Waals surface area contributed by atoms with E-state index < -0.39 is 0 Å². The summed E-state index contributed by atoms with van der Waals surface area (Å²) in [5.41, 5.74) is 2.30. The van der Waals surface area contributed by atoms with Crippen LogP contribution < -0.4 is 10.6 Å². The molecule has 1 aromatic rings. The molecule has 0 unspecified atom stereocenters. The largest absolute Gasteiger partial charge is 0.359 e. The van der Waals surface area contributed by atoms with Gasteiger partial charge in [-0.2, -0.15) is 5.10 Å². The Kier molecular flexibility index (Phi) is 5.69. The normalized spacial score (nSPS) is 10.5. The monoisotopic (exact) mass is 238 g/mol. The van der Waals surface area contributed by atoms with Crippen LogP contribution >= 0.6 is 0 Å². The van der Waals surface area contributed by atoms with Gasteiger partial charge >= 0.3 is 0 Å². The zero-order valence-electron chi connectivity index (χ0n) is 10.9. The van der Waals surface area contributed by atoms with Crippen LogP contribution in [0.3, 0.4) is 0 Å². The van der Waals surface area contributed by atoms with Crippen molar-refractivity contribution in [2.24, 2.45) is 0 Å². The van der Waals surface area contributed by atoms with E-state index in [1.165, 1.54) is 5.69 Å². The van der Waals surface area contributed by atoms with Gasteiger partial charge in [-0.1, -0.05) is 6.92 Å². The highest BCUT2D eigenvalue weighted by atomic mass is 16.1. The highest BCUT2D eigenvalue weighted by Gasteiger charge is 2.05. The number of aromatic nitrogens is 2. The lowest BCUT2D eigenvalue weighted by molar-refractivity contribution is -0.120. The van der Waals surface area contributed by atoms with Crippen LogP contribution in [-0.4, -0.2) is 29.3 Å². The van der Waals surface area contributed by atoms with Gasteiger partial charge in [-0.25, -0.2) is 0 Å². The summed E-state index contributed by atoms with van der Waals surface area (Å²) in [7, 11) is 1.65. The Morgan fingerprint density at radius 2 is 2.24 bits per heavy atom. The van der Waals surface area contributed by atoms with E-state index in [1.54, 1.807) is 7.05 Å². The second-order valence-corrected chi connectivity index (χ2v) is 3.90. The third-order valence-electron chi connectivity index (χ3n) is 2.69. The van der Waals surface area contributed by atoms with Gasteiger partial charge in [-0.05, 0) is 19.4 Å². The summed E-state index contributed by atoms with van der Waals surface area (Å²) in [5, 5.41) is 10.3. The third kappa shape index (κ3) is 4.19. The average molecular weight is 238 g/mol. The maximum Gasteiger partial charge on any atom is 0.221 e. The smallest absolute Gasteiger partial charge is 0.221 e. The zero-order chi connectivity index (χ0) is 12.7. The van der Waals surface area contributed by atoms with E-state index in [-0.39, 0.29) is 5.91 Å². The Labute approximate surface area is 103 Å². The van der Waals surface area contributed by atoms with Crippen molar-refractivity contribution in [1.29, 1.82) is 0 Å². The minimum absolute atomic E-state index is 0.0655. The number of carbonyl (C=O) groups excluding carboxylic acids is 1. The van der Waals surface area contributed by atoms with Crippen LogP contribution in [0.2, 0.25) is 0 Å². The van der Waals surface area contributed by atoms with Crippen molar-refractivity contribution in [3.05, 3.63) is 17.5 Å². The van der Waals surface area contributed by atoms with E-state index in [9.17, 15) is 4.79 Å². The molecular formula is C12H22N4O. The van der Waals surface area contributed by atoms with Crippen LogP contribution in [0.1, 0.15) is 31.7 Å². The number of carbonyl (C=O) groups is 1. The summed E-state index contributed by atoms with van der Waals surface area (Å²) >= 11 is 0. The van der Waals surface area contributed by atoms with Gasteiger partial charge in [-0.15, -0.1) is 0 Å². The fraction of sp³-hybridized carbons (Fsp3) is 0.667. The Hall–Kier alpha value is -1.36. The second-order valence-electron chi connectivity index (χ2n) is 3.90. The van der Waals surface area contributed by atoms with Gasteiger partial charge in [0.25, 0.3) is 0 Å². The molecule has 0 aliphatic heterocycles. The van der Waals surface area contributed by atoms with E-state index in [2.05, 4.69) is 35.6 Å². The van der Waals surface area contributed by atoms with Crippen molar-refractivity contribution in [2.75, 3.05) is 13.6 Å². The lowest BCUT2D eigenvalue weighted by atomic mass is 10.3. The average Bonchev–Trinajstić information content (AvgIpc) is 2.76. The molecule has 17 heavy (non-hydrogen) atoms. The number of amides is 1. The van der Waals surface area contributed by atoms with Crippen LogP contribution in [0.5, 0.6) is 0 Å². The van der Waals surface area contributed by atoms with E-state index in [4.69, 9.17) is 0 Å². The molecule has 0 aliphatic rings. The molecule has 5 nitrogen and oxygen atoms in total. The molecule has 96 valence electrons. The first-order chi connectivity index (χ1) is 8.21. The van der Waals surface area contributed by atoms with Crippen molar-refractivity contribution < 1.29 is 4.79 Å². The maximum atomic E-state index is 11.0. The quantitative estimate of drug-likeness (QED) is 0.687. The summed E-state index contributed by atoms with van der Waals surface area (Å²) in [6, 6.07) is 2.12. The van der Waals surface area contributed by atoms with Gasteiger partial charge in [0.2, 0.25) is 5.91 Å². The number of nitrogens with one attached hydrogen (secondary N) is 2. The van der Waals surface area contributed by atoms with Gasteiger partial charge in [-0.3, -0.25) is 9.48 Å². The molecule has 0 radical (unpaired) electrons. The van der Waals surface area contributed by atoms with Gasteiger partial charge in [0, 0.05) is 33.1 Å². The summed E-state index contributed by atoms with van der Waals surface area (Å²) in [5.74, 6) is 0.0655. The van der Waals surface area contributed by atoms with Crippen molar-refractivity contribution in [3.8, 4) is 0 Å². The minimum atomic E-state index is 0.0655. The topological polar surface area (TPSA) is 59.0 Å². The number of hydrogen-bond acceptors (Lipinski definition) is 3. The predicted octanol–water partition coefficient (Wildman–Crippen LogP) is 0.691. The van der Waals surface area contributed by atoms with Crippen LogP contribution in [0.4, 0.5) is 0 Å². The first kappa shape index (κ1) is 13.7. The summed E-state index contributed by atoms with van der Waals surface area (Å²) in [6.45, 7) is 6.52. The molecule has 0 fully saturated rings. The molecule has 0 bridgehead atoms. The van der Waals surface area contributed by atoms with Gasteiger partial charge in [0.05, 0.1) is 11.4 Å². The van der Waals surface area contributed by atoms with Crippen LogP contribution in [0.15, 0.2) is 6.07 Å². The summed E-state index contributed by atoms with van der Waals surface area (Å²) in [4.78, 5) is 11.0. The van der Waals surface area contributed by atoms with Crippen LogP contribution in [0.25, 0.3) is 0 Å². The molecule has 0 aromatic carbocycles. The van der Waals surface area contributed by atoms with Crippen molar-refractivity contribution in [1.82, 2.24) is 20.4 Å². The molecule has 5 heteroatoms. The number of rotatable bonds is 7. The summed E-state index contributed by atoms with van der Waals surface area (Å²) in [6.07, 6.45) is 1.47. The lowest BCUT2D eigenvalue weighted by Gasteiger charge is -2.06. The standard InChI is InChI=1S/C12H22N4O/c1-4-10-8-11(16(5-2)15-10)9-14-7-6-12(17)13-3/h8,14H,4-7,9H2,1-3H3,(H,13,17). The summed E-state index contributed by atoms with van der Waals surface area (Å²) < 4.78 is 2.01. The third-order valence-corrected chi connectivity index (χ3v) is 2.69. The first-order valence-electron chi connectivity index (χ1n) is 6.18. The predicted molar refractivity (Wildman–Crippen MR) is 67.7 cm³/mol. The molecule has 1 amide bonds. The Morgan fingerprint density at radius 1 is 1.47 bits per heavy atom. The molecular weight excluding hydrogens is 216 g/mol. The Bertz CT molecular complexity index is 359. The zero-order valence-corrected chi connectivity index (χ0v) is 10.9. The van der Waals surface area contributed by atoms with Crippen LogP contribution in [-0.2, 0) is 24.3 Å². The molecule has 0 atom stereocenters. The number of nitrogens with zero attached hydrogens (tertiary/aromatic N) is 2. The number of hydrogen-bond donors (Lipinski definition) is 2. The second kappa shape index (κ2) is 7.06. The van der Waals surface area contributed by atoms with E-state index in [0.29, 0.717) is 13.0 Å². The molecule has 0 saturated heterocycles. The lowest BCUT2D eigenvalue weighted by Crippen LogP contribution is -2.25. The van der Waals surface area contributed by atoms with Gasteiger partial charge in [0.15, 0.2) is 0 Å². The molecule has 2 N–H and O–H groups in total. The SMILES string of the molecule is CCc1cc(CNCCC(=O)NC)n(CC)n1. The Balaban J connectivity index is 2.40. The highest BCUT2D eigenvalue weighted by molar-refractivity contribution is 5.75. The molecule has 1 heterocycles. The van der Waals surface area contributed by atoms with E-state index >= 15 is 0 Å².